The highest BCUT2D eigenvalue weighted by Gasteiger charge is 2.21. The second-order valence-electron chi connectivity index (χ2n) is 12.5. The maximum atomic E-state index is 15.9. The first kappa shape index (κ1) is 27.3. The lowest BCUT2D eigenvalue weighted by atomic mass is 9.85. The van der Waals surface area contributed by atoms with Gasteiger partial charge < -0.3 is 0 Å². The maximum Gasteiger partial charge on any atom is 0.138 e. The summed E-state index contributed by atoms with van der Waals surface area (Å²) in [6.45, 7) is 0. The molecule has 1 aromatic heterocycles. The van der Waals surface area contributed by atoms with Gasteiger partial charge >= 0.3 is 0 Å². The van der Waals surface area contributed by atoms with Gasteiger partial charge in [0.1, 0.15) is 5.82 Å². The average molecular weight is 631 g/mol. The summed E-state index contributed by atoms with van der Waals surface area (Å²) in [5.74, 6) is -0.160. The van der Waals surface area contributed by atoms with Crippen LogP contribution in [0.4, 0.5) is 4.39 Å². The van der Waals surface area contributed by atoms with E-state index in [1.165, 1.54) is 64.0 Å². The summed E-state index contributed by atoms with van der Waals surface area (Å²) in [7, 11) is 0. The van der Waals surface area contributed by atoms with Crippen LogP contribution in [0.15, 0.2) is 164 Å². The van der Waals surface area contributed by atoms with Gasteiger partial charge in [0.15, 0.2) is 0 Å². The Bertz CT molecular complexity index is 2780. The van der Waals surface area contributed by atoms with E-state index in [2.05, 4.69) is 127 Å². The summed E-state index contributed by atoms with van der Waals surface area (Å²) < 4.78 is 18.4. The predicted octanol–water partition coefficient (Wildman–Crippen LogP) is 13.8. The van der Waals surface area contributed by atoms with Gasteiger partial charge in [-0.15, -0.1) is 11.3 Å². The summed E-state index contributed by atoms with van der Waals surface area (Å²) in [6.07, 6.45) is 0. The number of thiophene rings is 1. The van der Waals surface area contributed by atoms with E-state index < -0.39 is 0 Å². The molecule has 0 aliphatic heterocycles. The van der Waals surface area contributed by atoms with Crippen LogP contribution in [0.3, 0.4) is 0 Å². The van der Waals surface area contributed by atoms with Crippen molar-refractivity contribution in [3.8, 4) is 33.4 Å². The second kappa shape index (κ2) is 10.6. The zero-order chi connectivity index (χ0) is 31.8. The topological polar surface area (TPSA) is 0 Å². The van der Waals surface area contributed by atoms with E-state index in [9.17, 15) is 0 Å². The molecule has 2 heteroatoms. The van der Waals surface area contributed by atoms with Gasteiger partial charge in [-0.2, -0.15) is 0 Å². The molecule has 0 atom stereocenters. The Kier molecular flexibility index (Phi) is 6.03. The predicted molar refractivity (Wildman–Crippen MR) is 206 cm³/mol. The molecule has 0 N–H and O–H groups in total. The molecule has 10 rings (SSSR count). The van der Waals surface area contributed by atoms with Crippen molar-refractivity contribution in [3.05, 3.63) is 170 Å². The van der Waals surface area contributed by atoms with Crippen LogP contribution in [-0.4, -0.2) is 0 Å². The van der Waals surface area contributed by atoms with Crippen LogP contribution < -0.4 is 0 Å². The summed E-state index contributed by atoms with van der Waals surface area (Å²) in [6, 6.07) is 57.7. The Morgan fingerprint density at radius 2 is 0.812 bits per heavy atom. The number of fused-ring (bicyclic) bond motifs is 7. The number of rotatable bonds is 3. The van der Waals surface area contributed by atoms with Crippen molar-refractivity contribution in [2.45, 2.75) is 0 Å². The fourth-order valence-electron chi connectivity index (χ4n) is 7.91. The SMILES string of the molecule is Fc1c2ccccc2c(-c2cccc3sc4ccc(-c5c6ccccc6c(-c6ccccc6)c6ccccc56)cc4c23)c2ccccc12. The molecule has 224 valence electrons. The van der Waals surface area contributed by atoms with Crippen LogP contribution in [-0.2, 0) is 0 Å². The highest BCUT2D eigenvalue weighted by molar-refractivity contribution is 7.26. The van der Waals surface area contributed by atoms with Gasteiger partial charge in [-0.25, -0.2) is 4.39 Å². The first-order valence-corrected chi connectivity index (χ1v) is 17.1. The second-order valence-corrected chi connectivity index (χ2v) is 13.6. The van der Waals surface area contributed by atoms with Crippen molar-refractivity contribution >= 4 is 74.6 Å². The van der Waals surface area contributed by atoms with Gasteiger partial charge in [-0.1, -0.05) is 146 Å². The standard InChI is InChI=1S/C46H27FS/c47-46-36-21-10-8-19-34(36)44(35-20-9-11-22-37(35)46)38-23-12-24-41-45(38)39-27-29(25-26-40(39)48-41)43-32-17-6-4-15-30(32)42(28-13-2-1-3-14-28)31-16-5-7-18-33(31)43/h1-27H. The Morgan fingerprint density at radius 3 is 1.38 bits per heavy atom. The van der Waals surface area contributed by atoms with Crippen LogP contribution in [0.5, 0.6) is 0 Å². The van der Waals surface area contributed by atoms with E-state index in [-0.39, 0.29) is 5.82 Å². The molecular weight excluding hydrogens is 604 g/mol. The van der Waals surface area contributed by atoms with Crippen LogP contribution in [0.2, 0.25) is 0 Å². The van der Waals surface area contributed by atoms with E-state index in [1.807, 2.05) is 47.7 Å². The molecule has 0 saturated heterocycles. The highest BCUT2D eigenvalue weighted by atomic mass is 32.1. The van der Waals surface area contributed by atoms with Gasteiger partial charge in [0.2, 0.25) is 0 Å². The summed E-state index contributed by atoms with van der Waals surface area (Å²) in [4.78, 5) is 0. The highest BCUT2D eigenvalue weighted by Crippen LogP contribution is 2.48. The molecule has 0 aliphatic rings. The molecule has 0 fully saturated rings. The largest absolute Gasteiger partial charge is 0.206 e. The van der Waals surface area contributed by atoms with E-state index in [0.29, 0.717) is 10.8 Å². The van der Waals surface area contributed by atoms with Crippen molar-refractivity contribution in [1.82, 2.24) is 0 Å². The van der Waals surface area contributed by atoms with Crippen LogP contribution in [0.25, 0.3) is 96.6 Å². The Morgan fingerprint density at radius 1 is 0.333 bits per heavy atom. The van der Waals surface area contributed by atoms with Gasteiger partial charge in [0.25, 0.3) is 0 Å². The zero-order valence-electron chi connectivity index (χ0n) is 25.9. The van der Waals surface area contributed by atoms with E-state index in [0.717, 1.165) is 21.9 Å². The van der Waals surface area contributed by atoms with Gasteiger partial charge in [-0.3, -0.25) is 0 Å². The van der Waals surface area contributed by atoms with E-state index >= 15 is 4.39 Å². The normalized spacial score (nSPS) is 11.9. The molecule has 10 aromatic rings. The minimum atomic E-state index is -0.160. The third-order valence-electron chi connectivity index (χ3n) is 9.91. The Hall–Kier alpha value is -5.83. The maximum absolute atomic E-state index is 15.9. The molecule has 0 unspecified atom stereocenters. The monoisotopic (exact) mass is 630 g/mol. The molecule has 0 radical (unpaired) electrons. The first-order chi connectivity index (χ1) is 23.8. The first-order valence-electron chi connectivity index (χ1n) is 16.3. The molecule has 0 bridgehead atoms. The minimum Gasteiger partial charge on any atom is -0.206 e. The average Bonchev–Trinajstić information content (AvgIpc) is 3.53. The number of hydrogen-bond donors (Lipinski definition) is 0. The number of halogens is 1. The lowest BCUT2D eigenvalue weighted by molar-refractivity contribution is 0.651. The summed E-state index contributed by atoms with van der Waals surface area (Å²) in [5, 5.41) is 10.6. The molecule has 0 aliphatic carbocycles. The molecule has 0 spiro atoms. The number of hydrogen-bond acceptors (Lipinski definition) is 1. The summed E-state index contributed by atoms with van der Waals surface area (Å²) >= 11 is 1.82. The third-order valence-corrected chi connectivity index (χ3v) is 11.0. The molecule has 0 amide bonds. The number of benzene rings is 9. The van der Waals surface area contributed by atoms with Crippen molar-refractivity contribution in [1.29, 1.82) is 0 Å². The van der Waals surface area contributed by atoms with Gasteiger partial charge in [-0.05, 0) is 83.9 Å². The molecule has 0 nitrogen and oxygen atoms in total. The molecule has 1 heterocycles. The van der Waals surface area contributed by atoms with Gasteiger partial charge in [0, 0.05) is 30.9 Å². The van der Waals surface area contributed by atoms with Crippen molar-refractivity contribution < 1.29 is 4.39 Å². The molecule has 9 aromatic carbocycles. The fourth-order valence-corrected chi connectivity index (χ4v) is 9.02. The quantitative estimate of drug-likeness (QED) is 0.170. The lowest BCUT2D eigenvalue weighted by Crippen LogP contribution is -1.91. The van der Waals surface area contributed by atoms with Crippen LogP contribution >= 0.6 is 11.3 Å². The van der Waals surface area contributed by atoms with Gasteiger partial charge in [0.05, 0.1) is 0 Å². The third kappa shape index (κ3) is 3.93. The van der Waals surface area contributed by atoms with Crippen molar-refractivity contribution in [3.63, 3.8) is 0 Å². The smallest absolute Gasteiger partial charge is 0.138 e. The minimum absolute atomic E-state index is 0.160. The van der Waals surface area contributed by atoms with Crippen molar-refractivity contribution in [2.75, 3.05) is 0 Å². The van der Waals surface area contributed by atoms with Crippen LogP contribution in [0.1, 0.15) is 0 Å². The van der Waals surface area contributed by atoms with E-state index in [4.69, 9.17) is 0 Å². The lowest BCUT2D eigenvalue weighted by Gasteiger charge is -2.18. The fraction of sp³-hybridized carbons (Fsp3) is 0. The molecular formula is C46H27FS. The van der Waals surface area contributed by atoms with E-state index in [1.54, 1.807) is 0 Å². The molecule has 48 heavy (non-hydrogen) atoms. The van der Waals surface area contributed by atoms with Crippen molar-refractivity contribution in [2.24, 2.45) is 0 Å². The Labute approximate surface area is 280 Å². The summed E-state index contributed by atoms with van der Waals surface area (Å²) in [5.41, 5.74) is 7.15. The van der Waals surface area contributed by atoms with Crippen LogP contribution in [0, 0.1) is 5.82 Å². The Balaban J connectivity index is 1.31. The zero-order valence-corrected chi connectivity index (χ0v) is 26.7. The molecule has 0 saturated carbocycles.